The van der Waals surface area contributed by atoms with Crippen molar-refractivity contribution in [3.8, 4) is 0 Å². The van der Waals surface area contributed by atoms with Crippen molar-refractivity contribution in [2.75, 3.05) is 44.1 Å². The van der Waals surface area contributed by atoms with E-state index in [1.807, 2.05) is 0 Å². The summed E-state index contributed by atoms with van der Waals surface area (Å²) in [6, 6.07) is 14.6. The van der Waals surface area contributed by atoms with E-state index in [2.05, 4.69) is 0 Å². The van der Waals surface area contributed by atoms with E-state index in [1.165, 1.54) is 11.4 Å². The van der Waals surface area contributed by atoms with E-state index in [0.717, 1.165) is 0 Å². The molecule has 2 aromatic rings. The molecule has 0 saturated carbocycles. The molecule has 2 aromatic carbocycles. The number of carbonyl (C=O) groups excluding carboxylic acids is 2. The van der Waals surface area contributed by atoms with E-state index < -0.39 is 10.0 Å². The van der Waals surface area contributed by atoms with Crippen molar-refractivity contribution in [3.05, 3.63) is 60.2 Å². The fourth-order valence-electron chi connectivity index (χ4n) is 3.19. The van der Waals surface area contributed by atoms with Crippen LogP contribution in [0.3, 0.4) is 0 Å². The molecule has 3 rings (SSSR count). The largest absolute Gasteiger partial charge is 0.450 e. The number of carbonyl (C=O) groups is 2. The molecular weight excluding hydrogens is 406 g/mol. The number of benzene rings is 2. The first kappa shape index (κ1) is 21.6. The smallest absolute Gasteiger partial charge is 0.409 e. The van der Waals surface area contributed by atoms with Gasteiger partial charge in [-0.05, 0) is 43.3 Å². The zero-order chi connectivity index (χ0) is 21.7. The summed E-state index contributed by atoms with van der Waals surface area (Å²) in [6.45, 7) is 3.74. The Bertz CT molecular complexity index is 985. The molecule has 30 heavy (non-hydrogen) atoms. The number of hydrogen-bond donors (Lipinski definition) is 0. The highest BCUT2D eigenvalue weighted by Crippen LogP contribution is 2.22. The average molecular weight is 432 g/mol. The molecule has 0 unspecified atom stereocenters. The van der Waals surface area contributed by atoms with Gasteiger partial charge in [-0.1, -0.05) is 18.2 Å². The molecule has 0 spiro atoms. The van der Waals surface area contributed by atoms with Crippen molar-refractivity contribution < 1.29 is 22.7 Å². The lowest BCUT2D eigenvalue weighted by atomic mass is 10.1. The van der Waals surface area contributed by atoms with Crippen LogP contribution in [0.1, 0.15) is 17.3 Å². The van der Waals surface area contributed by atoms with Crippen LogP contribution in [0.4, 0.5) is 10.5 Å². The molecule has 0 N–H and O–H groups in total. The molecule has 0 atom stereocenters. The van der Waals surface area contributed by atoms with Crippen LogP contribution in [0.15, 0.2) is 59.5 Å². The van der Waals surface area contributed by atoms with Crippen molar-refractivity contribution in [2.24, 2.45) is 0 Å². The minimum atomic E-state index is -3.68. The Morgan fingerprint density at radius 2 is 1.50 bits per heavy atom. The third kappa shape index (κ3) is 4.56. The Morgan fingerprint density at radius 3 is 2.07 bits per heavy atom. The van der Waals surface area contributed by atoms with Crippen LogP contribution in [0, 0.1) is 0 Å². The number of nitrogens with zero attached hydrogens (tertiary/aromatic N) is 3. The van der Waals surface area contributed by atoms with Crippen LogP contribution in [0.25, 0.3) is 0 Å². The van der Waals surface area contributed by atoms with Gasteiger partial charge in [0.25, 0.3) is 15.9 Å². The summed E-state index contributed by atoms with van der Waals surface area (Å²) in [5.41, 5.74) is 0.927. The van der Waals surface area contributed by atoms with Crippen LogP contribution < -0.4 is 4.31 Å². The van der Waals surface area contributed by atoms with Gasteiger partial charge in [0.05, 0.1) is 17.2 Å². The second-order valence-electron chi connectivity index (χ2n) is 6.81. The van der Waals surface area contributed by atoms with Gasteiger partial charge in [-0.15, -0.1) is 0 Å². The summed E-state index contributed by atoms with van der Waals surface area (Å²) >= 11 is 0. The van der Waals surface area contributed by atoms with E-state index in [1.54, 1.807) is 71.3 Å². The Morgan fingerprint density at radius 1 is 0.933 bits per heavy atom. The lowest BCUT2D eigenvalue weighted by Gasteiger charge is -2.34. The van der Waals surface area contributed by atoms with Gasteiger partial charge in [0.1, 0.15) is 0 Å². The molecule has 1 saturated heterocycles. The SMILES string of the molecule is CCOC(=O)N1CCN(C(=O)c2ccc(N(C)S(=O)(=O)c3ccccc3)cc2)CC1. The molecule has 0 bridgehead atoms. The maximum absolute atomic E-state index is 12.8. The number of rotatable bonds is 5. The highest BCUT2D eigenvalue weighted by Gasteiger charge is 2.26. The zero-order valence-electron chi connectivity index (χ0n) is 17.0. The van der Waals surface area contributed by atoms with E-state index in [-0.39, 0.29) is 16.9 Å². The van der Waals surface area contributed by atoms with Gasteiger partial charge in [-0.25, -0.2) is 13.2 Å². The number of hydrogen-bond acceptors (Lipinski definition) is 5. The molecule has 1 aliphatic heterocycles. The summed E-state index contributed by atoms with van der Waals surface area (Å²) in [5, 5.41) is 0. The zero-order valence-corrected chi connectivity index (χ0v) is 17.8. The number of sulfonamides is 1. The highest BCUT2D eigenvalue weighted by molar-refractivity contribution is 7.92. The number of piperazine rings is 1. The first-order chi connectivity index (χ1) is 14.3. The molecule has 9 heteroatoms. The summed E-state index contributed by atoms with van der Waals surface area (Å²) in [7, 11) is -2.20. The van der Waals surface area contributed by atoms with Crippen molar-refractivity contribution in [2.45, 2.75) is 11.8 Å². The molecule has 160 valence electrons. The van der Waals surface area contributed by atoms with E-state index in [0.29, 0.717) is 44.0 Å². The average Bonchev–Trinajstić information content (AvgIpc) is 2.79. The molecule has 8 nitrogen and oxygen atoms in total. The predicted molar refractivity (Wildman–Crippen MR) is 113 cm³/mol. The van der Waals surface area contributed by atoms with Crippen molar-refractivity contribution in [1.29, 1.82) is 0 Å². The molecule has 0 aliphatic carbocycles. The van der Waals surface area contributed by atoms with Crippen molar-refractivity contribution in [3.63, 3.8) is 0 Å². The molecule has 1 fully saturated rings. The minimum absolute atomic E-state index is 0.154. The second kappa shape index (κ2) is 9.17. The van der Waals surface area contributed by atoms with Gasteiger partial charge in [0, 0.05) is 38.8 Å². The lowest BCUT2D eigenvalue weighted by Crippen LogP contribution is -2.50. The Kier molecular flexibility index (Phi) is 6.61. The van der Waals surface area contributed by atoms with E-state index in [9.17, 15) is 18.0 Å². The van der Waals surface area contributed by atoms with Gasteiger partial charge >= 0.3 is 6.09 Å². The normalized spacial score (nSPS) is 14.3. The molecular formula is C21H25N3O5S. The fourth-order valence-corrected chi connectivity index (χ4v) is 4.41. The molecule has 1 aliphatic rings. The van der Waals surface area contributed by atoms with E-state index in [4.69, 9.17) is 4.74 Å². The van der Waals surface area contributed by atoms with Crippen LogP contribution in [0.2, 0.25) is 0 Å². The van der Waals surface area contributed by atoms with Gasteiger partial charge in [0.2, 0.25) is 0 Å². The number of amides is 2. The third-order valence-electron chi connectivity index (χ3n) is 4.97. The first-order valence-electron chi connectivity index (χ1n) is 9.69. The topological polar surface area (TPSA) is 87.2 Å². The summed E-state index contributed by atoms with van der Waals surface area (Å²) in [4.78, 5) is 28.0. The Balaban J connectivity index is 1.66. The fraction of sp³-hybridized carbons (Fsp3) is 0.333. The predicted octanol–water partition coefficient (Wildman–Crippen LogP) is 2.43. The lowest BCUT2D eigenvalue weighted by molar-refractivity contribution is 0.0570. The standard InChI is InChI=1S/C21H25N3O5S/c1-3-29-21(26)24-15-13-23(14-16-24)20(25)17-9-11-18(12-10-17)22(2)30(27,28)19-7-5-4-6-8-19/h4-12H,3,13-16H2,1-2H3. The number of anilines is 1. The molecule has 0 aromatic heterocycles. The third-order valence-corrected chi connectivity index (χ3v) is 6.77. The summed E-state index contributed by atoms with van der Waals surface area (Å²) < 4.78 is 31.7. The molecule has 2 amide bonds. The maximum atomic E-state index is 12.8. The minimum Gasteiger partial charge on any atom is -0.450 e. The van der Waals surface area contributed by atoms with Gasteiger partial charge in [-0.2, -0.15) is 0 Å². The molecule has 0 radical (unpaired) electrons. The van der Waals surface area contributed by atoms with Gasteiger partial charge in [0.15, 0.2) is 0 Å². The number of ether oxygens (including phenoxy) is 1. The first-order valence-corrected chi connectivity index (χ1v) is 11.1. The van der Waals surface area contributed by atoms with Gasteiger partial charge < -0.3 is 14.5 Å². The molecule has 1 heterocycles. The van der Waals surface area contributed by atoms with Crippen molar-refractivity contribution in [1.82, 2.24) is 9.80 Å². The second-order valence-corrected chi connectivity index (χ2v) is 8.78. The maximum Gasteiger partial charge on any atom is 0.409 e. The van der Waals surface area contributed by atoms with Crippen LogP contribution in [-0.2, 0) is 14.8 Å². The Labute approximate surface area is 176 Å². The van der Waals surface area contributed by atoms with Crippen LogP contribution in [-0.4, -0.2) is 70.1 Å². The summed E-state index contributed by atoms with van der Waals surface area (Å²) in [6.07, 6.45) is -0.364. The highest BCUT2D eigenvalue weighted by atomic mass is 32.2. The quantitative estimate of drug-likeness (QED) is 0.726. The van der Waals surface area contributed by atoms with Gasteiger partial charge in [-0.3, -0.25) is 9.10 Å². The van der Waals surface area contributed by atoms with Crippen LogP contribution >= 0.6 is 0 Å². The summed E-state index contributed by atoms with van der Waals surface area (Å²) in [5.74, 6) is -0.154. The van der Waals surface area contributed by atoms with E-state index >= 15 is 0 Å². The van der Waals surface area contributed by atoms with Crippen LogP contribution in [0.5, 0.6) is 0 Å². The van der Waals surface area contributed by atoms with Crippen molar-refractivity contribution >= 4 is 27.7 Å². The Hall–Kier alpha value is -3.07. The monoisotopic (exact) mass is 431 g/mol.